The highest BCUT2D eigenvalue weighted by atomic mass is 32.2. The Kier molecular flexibility index (Phi) is 4.04. The summed E-state index contributed by atoms with van der Waals surface area (Å²) in [6.07, 6.45) is 2.05. The second kappa shape index (κ2) is 5.38. The maximum absolute atomic E-state index is 11.8. The molecular formula is C11H16N2O3S2. The summed E-state index contributed by atoms with van der Waals surface area (Å²) in [6, 6.07) is 3.58. The van der Waals surface area contributed by atoms with Crippen molar-refractivity contribution >= 4 is 27.3 Å². The Morgan fingerprint density at radius 1 is 1.56 bits per heavy atom. The molecule has 1 aliphatic carbocycles. The number of sulfonamides is 1. The van der Waals surface area contributed by atoms with E-state index in [0.717, 1.165) is 12.8 Å². The molecule has 0 atom stereocenters. The van der Waals surface area contributed by atoms with E-state index in [1.165, 1.54) is 18.3 Å². The Balaban J connectivity index is 1.86. The maximum atomic E-state index is 11.8. The highest BCUT2D eigenvalue weighted by molar-refractivity contribution is 7.91. The summed E-state index contributed by atoms with van der Waals surface area (Å²) in [5.41, 5.74) is 0. The monoisotopic (exact) mass is 288 g/mol. The molecule has 1 amide bonds. The van der Waals surface area contributed by atoms with Gasteiger partial charge in [-0.05, 0) is 24.3 Å². The van der Waals surface area contributed by atoms with Crippen molar-refractivity contribution in [2.24, 2.45) is 0 Å². The molecule has 0 saturated heterocycles. The number of thiophene rings is 1. The predicted octanol–water partition coefficient (Wildman–Crippen LogP) is 1.04. The minimum atomic E-state index is -3.41. The average molecular weight is 288 g/mol. The van der Waals surface area contributed by atoms with Crippen molar-refractivity contribution in [3.63, 3.8) is 0 Å². The first-order chi connectivity index (χ1) is 8.50. The van der Waals surface area contributed by atoms with Gasteiger partial charge in [0.2, 0.25) is 15.9 Å². The Labute approximate surface area is 111 Å². The standard InChI is InChI=1S/C11H16N2O3S2/c1-9(14)13(10-4-5-10)7-6-12-18(15,16)11-3-2-8-17-11/h2-3,8,10,12H,4-7H2,1H3. The molecule has 1 saturated carbocycles. The molecule has 2 rings (SSSR count). The van der Waals surface area contributed by atoms with Crippen molar-refractivity contribution in [3.05, 3.63) is 17.5 Å². The molecule has 1 heterocycles. The zero-order chi connectivity index (χ0) is 13.2. The van der Waals surface area contributed by atoms with Crippen LogP contribution in [0.3, 0.4) is 0 Å². The van der Waals surface area contributed by atoms with E-state index in [4.69, 9.17) is 0 Å². The van der Waals surface area contributed by atoms with Crippen LogP contribution < -0.4 is 4.72 Å². The molecule has 0 unspecified atom stereocenters. The number of nitrogens with one attached hydrogen (secondary N) is 1. The summed E-state index contributed by atoms with van der Waals surface area (Å²) in [6.45, 7) is 2.22. The van der Waals surface area contributed by atoms with Gasteiger partial charge in [-0.15, -0.1) is 11.3 Å². The zero-order valence-corrected chi connectivity index (χ0v) is 11.8. The fourth-order valence-corrected chi connectivity index (χ4v) is 3.83. The fraction of sp³-hybridized carbons (Fsp3) is 0.545. The second-order valence-electron chi connectivity index (χ2n) is 4.27. The minimum absolute atomic E-state index is 0.00724. The number of carbonyl (C=O) groups is 1. The largest absolute Gasteiger partial charge is 0.339 e. The molecule has 100 valence electrons. The van der Waals surface area contributed by atoms with Gasteiger partial charge in [0, 0.05) is 26.1 Å². The van der Waals surface area contributed by atoms with Crippen LogP contribution in [0.5, 0.6) is 0 Å². The van der Waals surface area contributed by atoms with Crippen LogP contribution in [0.4, 0.5) is 0 Å². The molecule has 7 heteroatoms. The molecule has 1 fully saturated rings. The smallest absolute Gasteiger partial charge is 0.250 e. The summed E-state index contributed by atoms with van der Waals surface area (Å²) in [7, 11) is -3.41. The summed E-state index contributed by atoms with van der Waals surface area (Å²) in [4.78, 5) is 13.1. The zero-order valence-electron chi connectivity index (χ0n) is 10.1. The van der Waals surface area contributed by atoms with Crippen LogP contribution in [0.25, 0.3) is 0 Å². The van der Waals surface area contributed by atoms with Crippen molar-refractivity contribution in [1.29, 1.82) is 0 Å². The lowest BCUT2D eigenvalue weighted by atomic mass is 10.4. The van der Waals surface area contributed by atoms with Gasteiger partial charge in [-0.1, -0.05) is 6.07 Å². The fourth-order valence-electron chi connectivity index (χ4n) is 1.77. The van der Waals surface area contributed by atoms with E-state index in [1.807, 2.05) is 0 Å². The predicted molar refractivity (Wildman–Crippen MR) is 69.9 cm³/mol. The van der Waals surface area contributed by atoms with Crippen molar-refractivity contribution in [2.75, 3.05) is 13.1 Å². The van der Waals surface area contributed by atoms with Gasteiger partial charge in [-0.2, -0.15) is 0 Å². The van der Waals surface area contributed by atoms with E-state index in [0.29, 0.717) is 16.8 Å². The van der Waals surface area contributed by atoms with Gasteiger partial charge in [-0.3, -0.25) is 4.79 Å². The van der Waals surface area contributed by atoms with Crippen LogP contribution in [0.15, 0.2) is 21.7 Å². The Morgan fingerprint density at radius 2 is 2.28 bits per heavy atom. The summed E-state index contributed by atoms with van der Waals surface area (Å²) in [5, 5.41) is 1.72. The Bertz CT molecular complexity index is 506. The van der Waals surface area contributed by atoms with Crippen LogP contribution in [0.2, 0.25) is 0 Å². The molecule has 1 N–H and O–H groups in total. The van der Waals surface area contributed by atoms with E-state index < -0.39 is 10.0 Å². The summed E-state index contributed by atoms with van der Waals surface area (Å²) >= 11 is 1.18. The second-order valence-corrected chi connectivity index (χ2v) is 7.21. The van der Waals surface area contributed by atoms with Gasteiger partial charge < -0.3 is 4.90 Å². The number of nitrogens with zero attached hydrogens (tertiary/aromatic N) is 1. The Hall–Kier alpha value is -0.920. The molecule has 0 radical (unpaired) electrons. The number of carbonyl (C=O) groups excluding carboxylic acids is 1. The first-order valence-corrected chi connectivity index (χ1v) is 8.17. The molecule has 1 aromatic rings. The number of hydrogen-bond donors (Lipinski definition) is 1. The number of amides is 1. The molecule has 0 bridgehead atoms. The van der Waals surface area contributed by atoms with Crippen molar-refractivity contribution in [1.82, 2.24) is 9.62 Å². The molecule has 1 aromatic heterocycles. The van der Waals surface area contributed by atoms with Crippen LogP contribution in [0, 0.1) is 0 Å². The first kappa shape index (κ1) is 13.5. The topological polar surface area (TPSA) is 66.5 Å². The van der Waals surface area contributed by atoms with E-state index in [2.05, 4.69) is 4.72 Å². The molecule has 1 aliphatic rings. The van der Waals surface area contributed by atoms with Crippen LogP contribution >= 0.6 is 11.3 Å². The lowest BCUT2D eigenvalue weighted by Crippen LogP contribution is -2.38. The van der Waals surface area contributed by atoms with Crippen molar-refractivity contribution in [3.8, 4) is 0 Å². The lowest BCUT2D eigenvalue weighted by molar-refractivity contribution is -0.129. The van der Waals surface area contributed by atoms with E-state index in [1.54, 1.807) is 22.4 Å². The molecule has 0 aliphatic heterocycles. The normalized spacial score (nSPS) is 15.6. The summed E-state index contributed by atoms with van der Waals surface area (Å²) in [5.74, 6) is 0.00724. The highest BCUT2D eigenvalue weighted by Gasteiger charge is 2.30. The van der Waals surface area contributed by atoms with E-state index in [9.17, 15) is 13.2 Å². The average Bonchev–Trinajstić information content (AvgIpc) is 2.95. The number of hydrogen-bond acceptors (Lipinski definition) is 4. The molecular weight excluding hydrogens is 272 g/mol. The van der Waals surface area contributed by atoms with Gasteiger partial charge >= 0.3 is 0 Å². The quantitative estimate of drug-likeness (QED) is 0.850. The van der Waals surface area contributed by atoms with Gasteiger partial charge in [0.05, 0.1) is 0 Å². The third-order valence-corrected chi connectivity index (χ3v) is 5.66. The van der Waals surface area contributed by atoms with Gasteiger partial charge in [0.25, 0.3) is 0 Å². The highest BCUT2D eigenvalue weighted by Crippen LogP contribution is 2.26. The lowest BCUT2D eigenvalue weighted by Gasteiger charge is -2.20. The SMILES string of the molecule is CC(=O)N(CCNS(=O)(=O)c1cccs1)C1CC1. The third-order valence-electron chi connectivity index (χ3n) is 2.80. The van der Waals surface area contributed by atoms with Crippen molar-refractivity contribution in [2.45, 2.75) is 30.0 Å². The maximum Gasteiger partial charge on any atom is 0.250 e. The van der Waals surface area contributed by atoms with Crippen LogP contribution in [-0.4, -0.2) is 38.4 Å². The van der Waals surface area contributed by atoms with E-state index >= 15 is 0 Å². The minimum Gasteiger partial charge on any atom is -0.339 e. The van der Waals surface area contributed by atoms with Crippen LogP contribution in [0.1, 0.15) is 19.8 Å². The number of rotatable bonds is 6. The molecule has 0 aromatic carbocycles. The van der Waals surface area contributed by atoms with Crippen molar-refractivity contribution < 1.29 is 13.2 Å². The van der Waals surface area contributed by atoms with E-state index in [-0.39, 0.29) is 12.5 Å². The molecule has 18 heavy (non-hydrogen) atoms. The molecule has 0 spiro atoms. The van der Waals surface area contributed by atoms with Gasteiger partial charge in [0.1, 0.15) is 4.21 Å². The van der Waals surface area contributed by atoms with Crippen LogP contribution in [-0.2, 0) is 14.8 Å². The third kappa shape index (κ3) is 3.30. The first-order valence-electron chi connectivity index (χ1n) is 5.81. The van der Waals surface area contributed by atoms with Gasteiger partial charge in [-0.25, -0.2) is 13.1 Å². The summed E-state index contributed by atoms with van der Waals surface area (Å²) < 4.78 is 26.5. The Morgan fingerprint density at radius 3 is 2.78 bits per heavy atom. The van der Waals surface area contributed by atoms with Gasteiger partial charge in [0.15, 0.2) is 0 Å². The molecule has 5 nitrogen and oxygen atoms in total.